The van der Waals surface area contributed by atoms with Gasteiger partial charge in [0.2, 0.25) is 0 Å². The lowest BCUT2D eigenvalue weighted by atomic mass is 10.1. The van der Waals surface area contributed by atoms with Crippen molar-refractivity contribution in [3.8, 4) is 6.07 Å². The quantitative estimate of drug-likeness (QED) is 0.408. The number of esters is 1. The molecule has 25 heavy (non-hydrogen) atoms. The Bertz CT molecular complexity index is 890. The number of carbonyl (C=O) groups is 2. The summed E-state index contributed by atoms with van der Waals surface area (Å²) >= 11 is 6.04. The molecule has 0 fully saturated rings. The predicted octanol–water partition coefficient (Wildman–Crippen LogP) is 4.91. The van der Waals surface area contributed by atoms with E-state index in [0.717, 1.165) is 19.1 Å². The number of hydrogen-bond donors (Lipinski definition) is 1. The number of nitriles is 1. The van der Waals surface area contributed by atoms with E-state index in [1.54, 1.807) is 13.8 Å². The highest BCUT2D eigenvalue weighted by atomic mass is 79.9. The number of nitrogens with zero attached hydrogens (tertiary/aromatic N) is 1. The van der Waals surface area contributed by atoms with Crippen LogP contribution in [0.4, 0.5) is 5.00 Å². The lowest BCUT2D eigenvalue weighted by molar-refractivity contribution is -0.112. The first-order chi connectivity index (χ1) is 11.9. The summed E-state index contributed by atoms with van der Waals surface area (Å²) in [7, 11) is 0. The molecule has 0 aliphatic rings. The van der Waals surface area contributed by atoms with Crippen LogP contribution in [0.25, 0.3) is 6.08 Å². The summed E-state index contributed by atoms with van der Waals surface area (Å²) in [5.74, 6) is -1.04. The highest BCUT2D eigenvalue weighted by Crippen LogP contribution is 2.33. The first kappa shape index (κ1) is 19.4. The Morgan fingerprint density at radius 2 is 2.08 bits per heavy atom. The lowest BCUT2D eigenvalue weighted by Gasteiger charge is -2.06. The molecule has 8 heteroatoms. The van der Waals surface area contributed by atoms with E-state index in [1.807, 2.05) is 25.1 Å². The molecule has 0 saturated heterocycles. The monoisotopic (exact) mass is 438 g/mol. The third kappa shape index (κ3) is 4.57. The van der Waals surface area contributed by atoms with Crippen molar-refractivity contribution in [1.82, 2.24) is 0 Å². The molecule has 0 unspecified atom stereocenters. The van der Waals surface area contributed by atoms with Gasteiger partial charge in [-0.15, -0.1) is 22.7 Å². The molecule has 0 aromatic carbocycles. The first-order valence-electron chi connectivity index (χ1n) is 7.33. The van der Waals surface area contributed by atoms with Gasteiger partial charge in [0.05, 0.1) is 16.0 Å². The Labute approximate surface area is 162 Å². The largest absolute Gasteiger partial charge is 0.462 e. The standard InChI is InChI=1S/C17H15BrN2O3S2/c1-4-23-17(22)14-9(2)10(3)24-16(14)20-15(21)11(8-19)7-12-5-6-13(18)25-12/h5-7H,4H2,1-3H3,(H,20,21)/b11-7+. The van der Waals surface area contributed by atoms with Gasteiger partial charge in [0.25, 0.3) is 5.91 Å². The minimum Gasteiger partial charge on any atom is -0.462 e. The van der Waals surface area contributed by atoms with Crippen LogP contribution < -0.4 is 5.32 Å². The Balaban J connectivity index is 2.31. The van der Waals surface area contributed by atoms with Crippen molar-refractivity contribution in [2.24, 2.45) is 0 Å². The highest BCUT2D eigenvalue weighted by Gasteiger charge is 2.23. The molecule has 2 aromatic heterocycles. The average molecular weight is 439 g/mol. The number of rotatable bonds is 5. The fraction of sp³-hybridized carbons (Fsp3) is 0.235. The summed E-state index contributed by atoms with van der Waals surface area (Å²) in [6, 6.07) is 5.55. The second kappa shape index (κ2) is 8.43. The van der Waals surface area contributed by atoms with Crippen LogP contribution in [0.3, 0.4) is 0 Å². The Kier molecular flexibility index (Phi) is 6.53. The van der Waals surface area contributed by atoms with E-state index in [0.29, 0.717) is 10.6 Å². The molecule has 2 aromatic rings. The zero-order chi connectivity index (χ0) is 18.6. The highest BCUT2D eigenvalue weighted by molar-refractivity contribution is 9.11. The molecule has 130 valence electrons. The number of carbonyl (C=O) groups excluding carboxylic acids is 2. The van der Waals surface area contributed by atoms with Crippen LogP contribution in [0.15, 0.2) is 21.5 Å². The molecule has 0 radical (unpaired) electrons. The third-order valence-electron chi connectivity index (χ3n) is 3.34. The fourth-order valence-corrected chi connectivity index (χ4v) is 4.44. The number of amides is 1. The number of ether oxygens (including phenoxy) is 1. The van der Waals surface area contributed by atoms with Gasteiger partial charge < -0.3 is 10.1 Å². The van der Waals surface area contributed by atoms with E-state index in [-0.39, 0.29) is 12.2 Å². The van der Waals surface area contributed by atoms with E-state index in [2.05, 4.69) is 21.2 Å². The van der Waals surface area contributed by atoms with Crippen LogP contribution in [0.2, 0.25) is 0 Å². The molecule has 0 aliphatic carbocycles. The van der Waals surface area contributed by atoms with Crippen molar-refractivity contribution >= 4 is 61.6 Å². The van der Waals surface area contributed by atoms with Crippen molar-refractivity contribution in [3.63, 3.8) is 0 Å². The maximum Gasteiger partial charge on any atom is 0.341 e. The van der Waals surface area contributed by atoms with Crippen LogP contribution in [0.1, 0.15) is 32.6 Å². The van der Waals surface area contributed by atoms with Crippen molar-refractivity contribution < 1.29 is 14.3 Å². The topological polar surface area (TPSA) is 79.2 Å². The average Bonchev–Trinajstić information content (AvgIpc) is 3.08. The molecule has 0 aliphatic heterocycles. The van der Waals surface area contributed by atoms with Gasteiger partial charge in [0.15, 0.2) is 0 Å². The van der Waals surface area contributed by atoms with Gasteiger partial charge in [-0.1, -0.05) is 0 Å². The molecule has 0 saturated carbocycles. The summed E-state index contributed by atoms with van der Waals surface area (Å²) in [5, 5.41) is 12.4. The number of thiophene rings is 2. The minimum atomic E-state index is -0.557. The zero-order valence-corrected chi connectivity index (χ0v) is 17.0. The van der Waals surface area contributed by atoms with Crippen LogP contribution in [0, 0.1) is 25.2 Å². The van der Waals surface area contributed by atoms with Crippen molar-refractivity contribution in [3.05, 3.63) is 42.4 Å². The van der Waals surface area contributed by atoms with E-state index in [1.165, 1.54) is 28.7 Å². The molecule has 1 N–H and O–H groups in total. The summed E-state index contributed by atoms with van der Waals surface area (Å²) in [6.07, 6.45) is 1.52. The third-order valence-corrected chi connectivity index (χ3v) is 6.03. The maximum atomic E-state index is 12.5. The Morgan fingerprint density at radius 3 is 2.64 bits per heavy atom. The number of halogens is 1. The van der Waals surface area contributed by atoms with E-state index >= 15 is 0 Å². The van der Waals surface area contributed by atoms with Crippen molar-refractivity contribution in [2.75, 3.05) is 11.9 Å². The zero-order valence-electron chi connectivity index (χ0n) is 13.8. The van der Waals surface area contributed by atoms with Crippen LogP contribution >= 0.6 is 38.6 Å². The predicted molar refractivity (Wildman–Crippen MR) is 104 cm³/mol. The first-order valence-corrected chi connectivity index (χ1v) is 9.75. The number of anilines is 1. The van der Waals surface area contributed by atoms with Crippen molar-refractivity contribution in [2.45, 2.75) is 20.8 Å². The molecule has 2 rings (SSSR count). The van der Waals surface area contributed by atoms with Gasteiger partial charge in [-0.2, -0.15) is 5.26 Å². The molecule has 2 heterocycles. The second-order valence-corrected chi connectivity index (χ2v) is 8.69. The summed E-state index contributed by atoms with van der Waals surface area (Å²) in [4.78, 5) is 26.3. The van der Waals surface area contributed by atoms with E-state index in [9.17, 15) is 14.9 Å². The molecular weight excluding hydrogens is 424 g/mol. The molecule has 5 nitrogen and oxygen atoms in total. The summed E-state index contributed by atoms with van der Waals surface area (Å²) in [5.41, 5.74) is 1.07. The van der Waals surface area contributed by atoms with Crippen LogP contribution in [0.5, 0.6) is 0 Å². The number of aryl methyl sites for hydroxylation is 1. The van der Waals surface area contributed by atoms with Gasteiger partial charge in [-0.3, -0.25) is 4.79 Å². The Hall–Kier alpha value is -1.95. The molecule has 1 amide bonds. The SMILES string of the molecule is CCOC(=O)c1c(NC(=O)/C(C#N)=C/c2ccc(Br)s2)sc(C)c1C. The van der Waals surface area contributed by atoms with Crippen LogP contribution in [-0.2, 0) is 9.53 Å². The Morgan fingerprint density at radius 1 is 1.36 bits per heavy atom. The maximum absolute atomic E-state index is 12.5. The molecular formula is C17H15BrN2O3S2. The molecule has 0 atom stereocenters. The van der Waals surface area contributed by atoms with Gasteiger partial charge in [-0.25, -0.2) is 4.79 Å². The summed E-state index contributed by atoms with van der Waals surface area (Å²) < 4.78 is 5.97. The van der Waals surface area contributed by atoms with E-state index < -0.39 is 11.9 Å². The van der Waals surface area contributed by atoms with Crippen LogP contribution in [-0.4, -0.2) is 18.5 Å². The van der Waals surface area contributed by atoms with Gasteiger partial charge in [-0.05, 0) is 60.5 Å². The molecule has 0 bridgehead atoms. The summed E-state index contributed by atoms with van der Waals surface area (Å²) in [6.45, 7) is 5.64. The fourth-order valence-electron chi connectivity index (χ4n) is 2.03. The number of nitrogens with one attached hydrogen (secondary N) is 1. The lowest BCUT2D eigenvalue weighted by Crippen LogP contribution is -2.16. The van der Waals surface area contributed by atoms with Gasteiger partial charge in [0.1, 0.15) is 16.6 Å². The van der Waals surface area contributed by atoms with E-state index in [4.69, 9.17) is 4.74 Å². The second-order valence-electron chi connectivity index (χ2n) is 4.97. The molecule has 0 spiro atoms. The smallest absolute Gasteiger partial charge is 0.341 e. The number of hydrogen-bond acceptors (Lipinski definition) is 6. The van der Waals surface area contributed by atoms with Crippen molar-refractivity contribution in [1.29, 1.82) is 5.26 Å². The normalized spacial score (nSPS) is 11.1. The minimum absolute atomic E-state index is 0.0344. The van der Waals surface area contributed by atoms with Gasteiger partial charge in [0, 0.05) is 9.75 Å². The van der Waals surface area contributed by atoms with Gasteiger partial charge >= 0.3 is 5.97 Å².